The molecule has 2 aromatic heterocycles. The van der Waals surface area contributed by atoms with Crippen molar-refractivity contribution in [2.75, 3.05) is 7.05 Å². The molecule has 0 N–H and O–H groups in total. The highest BCUT2D eigenvalue weighted by atomic mass is 16.5. The number of fused-ring (bicyclic) bond motifs is 1. The number of benzene rings is 1. The van der Waals surface area contributed by atoms with E-state index in [-0.39, 0.29) is 11.9 Å². The predicted octanol–water partition coefficient (Wildman–Crippen LogP) is 4.84. The van der Waals surface area contributed by atoms with Gasteiger partial charge in [-0.3, -0.25) is 4.99 Å². The zero-order valence-corrected chi connectivity index (χ0v) is 17.4. The van der Waals surface area contributed by atoms with Crippen LogP contribution < -0.4 is 4.74 Å². The lowest BCUT2D eigenvalue weighted by atomic mass is 10.1. The summed E-state index contributed by atoms with van der Waals surface area (Å²) in [5.41, 5.74) is 3.74. The number of hydrogen-bond acceptors (Lipinski definition) is 5. The third kappa shape index (κ3) is 5.74. The van der Waals surface area contributed by atoms with E-state index >= 15 is 0 Å². The van der Waals surface area contributed by atoms with Crippen LogP contribution in [0.1, 0.15) is 44.9 Å². The van der Waals surface area contributed by atoms with Gasteiger partial charge in [0.05, 0.1) is 24.6 Å². The number of aromatic nitrogens is 2. The van der Waals surface area contributed by atoms with Crippen molar-refractivity contribution in [1.29, 1.82) is 0 Å². The molecule has 1 unspecified atom stereocenters. The fourth-order valence-corrected chi connectivity index (χ4v) is 2.90. The fraction of sp³-hybridized carbons (Fsp3) is 0.348. The molecule has 152 valence electrons. The Hall–Kier alpha value is -2.99. The van der Waals surface area contributed by atoms with E-state index in [0.29, 0.717) is 13.0 Å². The lowest BCUT2D eigenvalue weighted by molar-refractivity contribution is -0.117. The number of imidazole rings is 1. The van der Waals surface area contributed by atoms with Crippen molar-refractivity contribution >= 4 is 17.1 Å². The van der Waals surface area contributed by atoms with Crippen LogP contribution in [0.3, 0.4) is 0 Å². The molecule has 3 rings (SSSR count). The van der Waals surface area contributed by atoms with Gasteiger partial charge < -0.3 is 18.7 Å². The van der Waals surface area contributed by atoms with Crippen LogP contribution in [0, 0.1) is 0 Å². The van der Waals surface area contributed by atoms with Crippen LogP contribution >= 0.6 is 0 Å². The van der Waals surface area contributed by atoms with Crippen molar-refractivity contribution in [3.8, 4) is 11.5 Å². The molecular weight excluding hydrogens is 366 g/mol. The molecule has 0 aliphatic heterocycles. The number of aliphatic imine (C=N–C) groups is 1. The second-order valence-corrected chi connectivity index (χ2v) is 7.16. The largest absolute Gasteiger partial charge is 0.456 e. The Morgan fingerprint density at radius 3 is 2.52 bits per heavy atom. The highest BCUT2D eigenvalue weighted by Gasteiger charge is 2.08. The molecule has 0 amide bonds. The van der Waals surface area contributed by atoms with Crippen LogP contribution in [-0.4, -0.2) is 34.0 Å². The minimum absolute atomic E-state index is 0.0203. The Kier molecular flexibility index (Phi) is 6.77. The average molecular weight is 393 g/mol. The second-order valence-electron chi connectivity index (χ2n) is 7.16. The summed E-state index contributed by atoms with van der Waals surface area (Å²) in [6, 6.07) is 11.7. The van der Waals surface area contributed by atoms with Gasteiger partial charge in [-0.15, -0.1) is 0 Å². The smallest absolute Gasteiger partial charge is 0.144 e. The number of ether oxygens (including phenoxy) is 2. The first-order valence-electron chi connectivity index (χ1n) is 9.75. The van der Waals surface area contributed by atoms with Crippen molar-refractivity contribution in [2.24, 2.45) is 4.99 Å². The lowest BCUT2D eigenvalue weighted by Gasteiger charge is -2.10. The van der Waals surface area contributed by atoms with Crippen LogP contribution in [-0.2, 0) is 16.1 Å². The number of pyridine rings is 1. The van der Waals surface area contributed by atoms with Gasteiger partial charge in [-0.25, -0.2) is 4.98 Å². The molecule has 1 atom stereocenters. The molecule has 0 radical (unpaired) electrons. The predicted molar refractivity (Wildman–Crippen MR) is 114 cm³/mol. The zero-order valence-electron chi connectivity index (χ0n) is 17.4. The normalized spacial score (nSPS) is 12.9. The number of carbonyl (C=O) groups excluding carboxylic acids is 1. The molecule has 0 spiro atoms. The van der Waals surface area contributed by atoms with Crippen molar-refractivity contribution in [3.63, 3.8) is 0 Å². The Morgan fingerprint density at radius 1 is 1.10 bits per heavy atom. The molecular formula is C23H27N3O3. The molecule has 0 saturated carbocycles. The van der Waals surface area contributed by atoms with Crippen molar-refractivity contribution in [1.82, 2.24) is 9.38 Å². The Bertz CT molecular complexity index is 1010. The topological polar surface area (TPSA) is 65.2 Å². The quantitative estimate of drug-likeness (QED) is 0.488. The van der Waals surface area contributed by atoms with Gasteiger partial charge in [0.1, 0.15) is 22.9 Å². The molecule has 0 saturated heterocycles. The Morgan fingerprint density at radius 2 is 1.83 bits per heavy atom. The first-order valence-corrected chi connectivity index (χ1v) is 9.75. The molecule has 6 heteroatoms. The van der Waals surface area contributed by atoms with Gasteiger partial charge in [0, 0.05) is 25.4 Å². The summed E-state index contributed by atoms with van der Waals surface area (Å²) < 4.78 is 13.7. The molecule has 0 aliphatic rings. The maximum Gasteiger partial charge on any atom is 0.144 e. The van der Waals surface area contributed by atoms with E-state index in [2.05, 4.69) is 9.98 Å². The summed E-state index contributed by atoms with van der Waals surface area (Å²) >= 11 is 0. The fourth-order valence-electron chi connectivity index (χ4n) is 2.90. The van der Waals surface area contributed by atoms with Gasteiger partial charge in [0.15, 0.2) is 0 Å². The van der Waals surface area contributed by atoms with Crippen molar-refractivity contribution in [3.05, 3.63) is 60.0 Å². The minimum atomic E-state index is 0.0203. The van der Waals surface area contributed by atoms with E-state index in [4.69, 9.17) is 9.47 Å². The zero-order chi connectivity index (χ0) is 20.8. The van der Waals surface area contributed by atoms with Crippen molar-refractivity contribution in [2.45, 2.75) is 46.3 Å². The van der Waals surface area contributed by atoms with E-state index in [1.165, 1.54) is 0 Å². The van der Waals surface area contributed by atoms with Gasteiger partial charge >= 0.3 is 0 Å². The monoisotopic (exact) mass is 393 g/mol. The van der Waals surface area contributed by atoms with E-state index < -0.39 is 0 Å². The van der Waals surface area contributed by atoms with Gasteiger partial charge in [-0.05, 0) is 69.2 Å². The summed E-state index contributed by atoms with van der Waals surface area (Å²) in [6.45, 7) is 5.97. The summed E-state index contributed by atoms with van der Waals surface area (Å²) in [7, 11) is 1.78. The lowest BCUT2D eigenvalue weighted by Crippen LogP contribution is -2.09. The average Bonchev–Trinajstić information content (AvgIpc) is 3.13. The highest BCUT2D eigenvalue weighted by Crippen LogP contribution is 2.23. The van der Waals surface area contributed by atoms with Gasteiger partial charge in [0.25, 0.3) is 0 Å². The molecule has 2 heterocycles. The van der Waals surface area contributed by atoms with Gasteiger partial charge in [-0.1, -0.05) is 0 Å². The Balaban J connectivity index is 1.63. The number of carbonyl (C=O) groups is 1. The molecule has 0 aliphatic carbocycles. The first kappa shape index (κ1) is 20.7. The summed E-state index contributed by atoms with van der Waals surface area (Å²) in [4.78, 5) is 19.8. The Labute approximate surface area is 171 Å². The summed E-state index contributed by atoms with van der Waals surface area (Å²) in [6.07, 6.45) is 5.12. The second kappa shape index (κ2) is 9.47. The number of ketones is 1. The van der Waals surface area contributed by atoms with E-state index in [1.54, 1.807) is 14.0 Å². The highest BCUT2D eigenvalue weighted by molar-refractivity contribution is 5.98. The number of rotatable bonds is 9. The maximum absolute atomic E-state index is 11.1. The van der Waals surface area contributed by atoms with Crippen LogP contribution in [0.2, 0.25) is 0 Å². The third-order valence-electron chi connectivity index (χ3n) is 4.74. The van der Waals surface area contributed by atoms with Gasteiger partial charge in [-0.2, -0.15) is 0 Å². The van der Waals surface area contributed by atoms with E-state index in [0.717, 1.165) is 40.5 Å². The summed E-state index contributed by atoms with van der Waals surface area (Å²) in [5, 5.41) is 0. The SMILES string of the molecule is CN=C(C)c1ccc(Oc2ccc3nc(COC(C)CCC(C)=O)cn3c2)cc1. The molecule has 1 aromatic carbocycles. The van der Waals surface area contributed by atoms with Crippen LogP contribution in [0.25, 0.3) is 5.65 Å². The molecule has 3 aromatic rings. The molecule has 0 fully saturated rings. The van der Waals surface area contributed by atoms with Crippen LogP contribution in [0.5, 0.6) is 11.5 Å². The molecule has 0 bridgehead atoms. The molecule has 6 nitrogen and oxygen atoms in total. The van der Waals surface area contributed by atoms with Crippen LogP contribution in [0.15, 0.2) is 53.8 Å². The number of nitrogens with zero attached hydrogens (tertiary/aromatic N) is 3. The van der Waals surface area contributed by atoms with Crippen LogP contribution in [0.4, 0.5) is 0 Å². The minimum Gasteiger partial charge on any atom is -0.456 e. The number of Topliss-reactive ketones (excluding diaryl/α,β-unsaturated/α-hetero) is 1. The third-order valence-corrected chi connectivity index (χ3v) is 4.74. The number of hydrogen-bond donors (Lipinski definition) is 0. The maximum atomic E-state index is 11.1. The standard InChI is InChI=1S/C23H27N3O3/c1-16(27)5-6-17(2)28-15-20-13-26-14-22(11-12-23(26)25-20)29-21-9-7-19(8-10-21)18(3)24-4/h7-14,17H,5-6,15H2,1-4H3. The van der Waals surface area contributed by atoms with E-state index in [9.17, 15) is 4.79 Å². The first-order chi connectivity index (χ1) is 13.9. The van der Waals surface area contributed by atoms with E-state index in [1.807, 2.05) is 67.0 Å². The summed E-state index contributed by atoms with van der Waals surface area (Å²) in [5.74, 6) is 1.68. The van der Waals surface area contributed by atoms with Crippen molar-refractivity contribution < 1.29 is 14.3 Å². The van der Waals surface area contributed by atoms with Gasteiger partial charge in [0.2, 0.25) is 0 Å². The molecule has 29 heavy (non-hydrogen) atoms.